The van der Waals surface area contributed by atoms with Gasteiger partial charge in [-0.1, -0.05) is 12.1 Å². The molecule has 2 rings (SSSR count). The summed E-state index contributed by atoms with van der Waals surface area (Å²) in [7, 11) is 0. The molecule has 1 N–H and O–H groups in total. The van der Waals surface area contributed by atoms with Crippen LogP contribution in [-0.4, -0.2) is 28.8 Å². The summed E-state index contributed by atoms with van der Waals surface area (Å²) in [6.45, 7) is 3.66. The number of nitro benzene ring substituents is 1. The Morgan fingerprint density at radius 2 is 2.14 bits per heavy atom. The average molecular weight is 321 g/mol. The number of hydrogen-bond acceptors (Lipinski definition) is 5. The molecule has 0 saturated carbocycles. The van der Waals surface area contributed by atoms with Crippen molar-refractivity contribution in [3.05, 3.63) is 39.9 Å². The topological polar surface area (TPSA) is 93.8 Å². The predicted octanol–water partition coefficient (Wildman–Crippen LogP) is 2.16. The van der Waals surface area contributed by atoms with Gasteiger partial charge in [0.05, 0.1) is 17.6 Å². The van der Waals surface area contributed by atoms with Gasteiger partial charge < -0.3 is 10.1 Å². The van der Waals surface area contributed by atoms with E-state index in [1.807, 2.05) is 0 Å². The maximum Gasteiger partial charge on any atom is 0.319 e. The van der Waals surface area contributed by atoms with Gasteiger partial charge in [0.25, 0.3) is 5.69 Å². The third-order valence-corrected chi connectivity index (χ3v) is 3.69. The fourth-order valence-electron chi connectivity index (χ4n) is 2.25. The summed E-state index contributed by atoms with van der Waals surface area (Å²) in [5, 5.41) is 14.0. The highest BCUT2D eigenvalue weighted by molar-refractivity contribution is 7.80. The smallest absolute Gasteiger partial charge is 0.319 e. The lowest BCUT2D eigenvalue weighted by molar-refractivity contribution is -0.384. The lowest BCUT2D eigenvalue weighted by Gasteiger charge is -2.36. The van der Waals surface area contributed by atoms with Gasteiger partial charge in [-0.05, 0) is 31.6 Å². The van der Waals surface area contributed by atoms with Crippen molar-refractivity contribution in [2.24, 2.45) is 10.4 Å². The quantitative estimate of drug-likeness (QED) is 0.395. The number of hydrogen-bond donors (Lipinski definition) is 1. The minimum atomic E-state index is -1.05. The van der Waals surface area contributed by atoms with Crippen LogP contribution in [0, 0.1) is 15.5 Å². The van der Waals surface area contributed by atoms with Crippen molar-refractivity contribution in [1.82, 2.24) is 5.32 Å². The highest BCUT2D eigenvalue weighted by Crippen LogP contribution is 2.36. The summed E-state index contributed by atoms with van der Waals surface area (Å²) >= 11 is 5.03. The van der Waals surface area contributed by atoms with Crippen LogP contribution in [0.5, 0.6) is 0 Å². The van der Waals surface area contributed by atoms with Crippen LogP contribution in [0.3, 0.4) is 0 Å². The summed E-state index contributed by atoms with van der Waals surface area (Å²) in [4.78, 5) is 26.5. The number of carbonyl (C=O) groups excluding carboxylic acids is 1. The Morgan fingerprint density at radius 3 is 2.68 bits per heavy atom. The molecule has 1 heterocycles. The second-order valence-corrected chi connectivity index (χ2v) is 5.38. The summed E-state index contributed by atoms with van der Waals surface area (Å²) < 4.78 is 5.11. The molecule has 7 nitrogen and oxygen atoms in total. The molecule has 8 heteroatoms. The van der Waals surface area contributed by atoms with Crippen LogP contribution in [-0.2, 0) is 9.53 Å². The van der Waals surface area contributed by atoms with Gasteiger partial charge in [-0.3, -0.25) is 14.9 Å². The third-order valence-electron chi connectivity index (χ3n) is 3.47. The minimum Gasteiger partial charge on any atom is -0.465 e. The van der Waals surface area contributed by atoms with Gasteiger partial charge in [-0.2, -0.15) is 0 Å². The number of ether oxygens (including phenoxy) is 1. The Balaban J connectivity index is 2.40. The van der Waals surface area contributed by atoms with E-state index in [9.17, 15) is 14.9 Å². The molecule has 1 aromatic carbocycles. The Bertz CT molecular complexity index is 644. The van der Waals surface area contributed by atoms with Crippen LogP contribution in [0.4, 0.5) is 5.69 Å². The first-order valence-corrected chi connectivity index (χ1v) is 7.06. The largest absolute Gasteiger partial charge is 0.465 e. The van der Waals surface area contributed by atoms with Gasteiger partial charge in [0, 0.05) is 18.3 Å². The molecular formula is C14H15N3O4S. The zero-order valence-electron chi connectivity index (χ0n) is 12.1. The molecule has 1 aromatic rings. The number of rotatable bonds is 4. The van der Waals surface area contributed by atoms with E-state index in [1.165, 1.54) is 18.3 Å². The van der Waals surface area contributed by atoms with E-state index in [2.05, 4.69) is 10.3 Å². The molecule has 2 unspecified atom stereocenters. The van der Waals surface area contributed by atoms with Gasteiger partial charge in [0.2, 0.25) is 0 Å². The van der Waals surface area contributed by atoms with E-state index in [0.717, 1.165) is 0 Å². The molecule has 22 heavy (non-hydrogen) atoms. The maximum absolute atomic E-state index is 12.3. The van der Waals surface area contributed by atoms with E-state index >= 15 is 0 Å². The van der Waals surface area contributed by atoms with Crippen molar-refractivity contribution in [3.8, 4) is 0 Å². The Morgan fingerprint density at radius 1 is 1.50 bits per heavy atom. The normalized spacial score (nSPS) is 23.7. The second kappa shape index (κ2) is 6.18. The van der Waals surface area contributed by atoms with Crippen molar-refractivity contribution in [3.63, 3.8) is 0 Å². The molecule has 0 fully saturated rings. The zero-order valence-corrected chi connectivity index (χ0v) is 12.9. The molecule has 0 radical (unpaired) electrons. The Labute approximate surface area is 132 Å². The van der Waals surface area contributed by atoms with Crippen LogP contribution >= 0.6 is 12.2 Å². The number of benzene rings is 1. The zero-order chi connectivity index (χ0) is 16.3. The van der Waals surface area contributed by atoms with Crippen LogP contribution in [0.2, 0.25) is 0 Å². The molecule has 1 aliphatic heterocycles. The van der Waals surface area contributed by atoms with Gasteiger partial charge in [0.15, 0.2) is 5.11 Å². The first-order chi connectivity index (χ1) is 10.4. The third kappa shape index (κ3) is 2.96. The van der Waals surface area contributed by atoms with Crippen LogP contribution < -0.4 is 5.32 Å². The van der Waals surface area contributed by atoms with E-state index in [-0.39, 0.29) is 17.4 Å². The molecule has 116 valence electrons. The maximum atomic E-state index is 12.3. The lowest BCUT2D eigenvalue weighted by atomic mass is 9.78. The van der Waals surface area contributed by atoms with Gasteiger partial charge in [0.1, 0.15) is 5.41 Å². The number of non-ortho nitro benzene ring substituents is 1. The lowest BCUT2D eigenvalue weighted by Crippen LogP contribution is -2.48. The highest BCUT2D eigenvalue weighted by atomic mass is 32.1. The number of nitrogens with one attached hydrogen (secondary N) is 1. The summed E-state index contributed by atoms with van der Waals surface area (Å²) in [6.07, 6.45) is 1.47. The highest BCUT2D eigenvalue weighted by Gasteiger charge is 2.45. The number of nitrogens with zero attached hydrogens (tertiary/aromatic N) is 2. The van der Waals surface area contributed by atoms with Gasteiger partial charge in [-0.25, -0.2) is 4.99 Å². The molecule has 0 spiro atoms. The molecule has 0 aromatic heterocycles. The number of aliphatic imine (C=N–C) groups is 1. The standard InChI is InChI=1S/C14H15N3O4S/c1-3-21-12(18)14(2)8-15-13(22)16-11(14)9-4-6-10(7-5-9)17(19)20/h4-8,11H,3H2,1-2H3,(H,16,22). The monoisotopic (exact) mass is 321 g/mol. The first kappa shape index (κ1) is 16.0. The number of thiocarbonyl (C=S) groups is 1. The Hall–Kier alpha value is -2.35. The van der Waals surface area contributed by atoms with Crippen molar-refractivity contribution < 1.29 is 14.5 Å². The van der Waals surface area contributed by atoms with Crippen LogP contribution in [0.15, 0.2) is 29.3 Å². The van der Waals surface area contributed by atoms with Crippen LogP contribution in [0.1, 0.15) is 25.5 Å². The first-order valence-electron chi connectivity index (χ1n) is 6.65. The fourth-order valence-corrected chi connectivity index (χ4v) is 2.42. The molecule has 0 amide bonds. The van der Waals surface area contributed by atoms with Crippen LogP contribution in [0.25, 0.3) is 0 Å². The van der Waals surface area contributed by atoms with Crippen molar-refractivity contribution in [2.75, 3.05) is 6.61 Å². The van der Waals surface area contributed by atoms with Gasteiger partial charge in [-0.15, -0.1) is 0 Å². The molecule has 0 saturated heterocycles. The number of nitro groups is 1. The molecular weight excluding hydrogens is 306 g/mol. The minimum absolute atomic E-state index is 0.0198. The van der Waals surface area contributed by atoms with E-state index in [4.69, 9.17) is 17.0 Å². The summed E-state index contributed by atoms with van der Waals surface area (Å²) in [6, 6.07) is 5.45. The molecule has 2 atom stereocenters. The van der Waals surface area contributed by atoms with E-state index < -0.39 is 22.3 Å². The van der Waals surface area contributed by atoms with Gasteiger partial charge >= 0.3 is 5.97 Å². The van der Waals surface area contributed by atoms with E-state index in [0.29, 0.717) is 5.56 Å². The van der Waals surface area contributed by atoms with Crippen molar-refractivity contribution >= 4 is 35.2 Å². The average Bonchev–Trinajstić information content (AvgIpc) is 2.50. The van der Waals surface area contributed by atoms with Crippen molar-refractivity contribution in [1.29, 1.82) is 0 Å². The second-order valence-electron chi connectivity index (χ2n) is 4.99. The molecule has 0 aliphatic carbocycles. The van der Waals surface area contributed by atoms with E-state index in [1.54, 1.807) is 26.0 Å². The fraction of sp³-hybridized carbons (Fsp3) is 0.357. The SMILES string of the molecule is CCOC(=O)C1(C)C=NC(=S)NC1c1ccc([N+](=O)[O-])cc1. The molecule has 0 bridgehead atoms. The summed E-state index contributed by atoms with van der Waals surface area (Å²) in [5.41, 5.74) is -0.377. The number of carbonyl (C=O) groups is 1. The predicted molar refractivity (Wildman–Crippen MR) is 84.8 cm³/mol. The van der Waals surface area contributed by atoms with Crippen molar-refractivity contribution in [2.45, 2.75) is 19.9 Å². The summed E-state index contributed by atoms with van der Waals surface area (Å²) in [5.74, 6) is -0.433. The molecule has 1 aliphatic rings. The number of esters is 1. The Kier molecular flexibility index (Phi) is 4.51.